The molecule has 4 rings (SSSR count). The number of methoxy groups -OCH3 is 1. The zero-order valence-electron chi connectivity index (χ0n) is 17.1. The van der Waals surface area contributed by atoms with Crippen LogP contribution in [-0.2, 0) is 13.0 Å². The zero-order chi connectivity index (χ0) is 21.6. The summed E-state index contributed by atoms with van der Waals surface area (Å²) < 4.78 is 8.10. The van der Waals surface area contributed by atoms with E-state index in [4.69, 9.17) is 4.74 Å². The number of ether oxygens (including phenoxy) is 1. The van der Waals surface area contributed by atoms with Crippen LogP contribution in [0.1, 0.15) is 16.7 Å². The van der Waals surface area contributed by atoms with Crippen LogP contribution in [0.4, 0.5) is 11.6 Å². The summed E-state index contributed by atoms with van der Waals surface area (Å²) in [6.45, 7) is 0.553. The molecule has 0 aliphatic carbocycles. The maximum atomic E-state index is 12.4. The summed E-state index contributed by atoms with van der Waals surface area (Å²) in [7, 11) is 1.48. The molecule has 0 saturated carbocycles. The Morgan fingerprint density at radius 1 is 0.968 bits per heavy atom. The van der Waals surface area contributed by atoms with Crippen LogP contribution >= 0.6 is 15.9 Å². The fourth-order valence-electron chi connectivity index (χ4n) is 3.38. The lowest BCUT2D eigenvalue weighted by Crippen LogP contribution is -2.19. The maximum Gasteiger partial charge on any atom is 0.316 e. The van der Waals surface area contributed by atoms with Crippen molar-refractivity contribution in [1.29, 1.82) is 0 Å². The molecular formula is C25H22BrN3O2. The SMILES string of the molecule is COc1cn(Cc2ccccc2)c(Nc2ccc(Br)cc2Cc2ccccc2)nc1=O. The summed E-state index contributed by atoms with van der Waals surface area (Å²) in [6.07, 6.45) is 2.45. The smallest absolute Gasteiger partial charge is 0.316 e. The lowest BCUT2D eigenvalue weighted by Gasteiger charge is -2.17. The summed E-state index contributed by atoms with van der Waals surface area (Å²) in [5.41, 5.74) is 3.88. The van der Waals surface area contributed by atoms with Gasteiger partial charge in [-0.2, -0.15) is 4.98 Å². The molecule has 1 N–H and O–H groups in total. The number of aromatic nitrogens is 2. The van der Waals surface area contributed by atoms with Crippen molar-refractivity contribution in [2.75, 3.05) is 12.4 Å². The van der Waals surface area contributed by atoms with Gasteiger partial charge in [0, 0.05) is 10.2 Å². The monoisotopic (exact) mass is 475 g/mol. The second kappa shape index (κ2) is 9.62. The van der Waals surface area contributed by atoms with Crippen LogP contribution in [0.25, 0.3) is 0 Å². The number of anilines is 2. The van der Waals surface area contributed by atoms with E-state index in [1.54, 1.807) is 6.20 Å². The van der Waals surface area contributed by atoms with Crippen molar-refractivity contribution < 1.29 is 4.74 Å². The Morgan fingerprint density at radius 3 is 2.32 bits per heavy atom. The fourth-order valence-corrected chi connectivity index (χ4v) is 3.79. The van der Waals surface area contributed by atoms with Gasteiger partial charge in [-0.15, -0.1) is 0 Å². The number of nitrogens with one attached hydrogen (secondary N) is 1. The molecule has 0 amide bonds. The molecule has 1 heterocycles. The second-order valence-corrected chi connectivity index (χ2v) is 8.06. The van der Waals surface area contributed by atoms with Gasteiger partial charge in [0.15, 0.2) is 0 Å². The van der Waals surface area contributed by atoms with Gasteiger partial charge in [0.2, 0.25) is 11.7 Å². The quantitative estimate of drug-likeness (QED) is 0.388. The Morgan fingerprint density at radius 2 is 1.65 bits per heavy atom. The molecule has 5 nitrogen and oxygen atoms in total. The van der Waals surface area contributed by atoms with Crippen LogP contribution < -0.4 is 15.6 Å². The molecule has 0 fully saturated rings. The van der Waals surface area contributed by atoms with Crippen molar-refractivity contribution in [1.82, 2.24) is 9.55 Å². The van der Waals surface area contributed by atoms with Gasteiger partial charge >= 0.3 is 5.56 Å². The lowest BCUT2D eigenvalue weighted by atomic mass is 10.0. The molecule has 1 aromatic heterocycles. The van der Waals surface area contributed by atoms with Gasteiger partial charge in [0.25, 0.3) is 0 Å². The number of rotatable bonds is 7. The third-order valence-corrected chi connectivity index (χ3v) is 5.42. The highest BCUT2D eigenvalue weighted by molar-refractivity contribution is 9.10. The van der Waals surface area contributed by atoms with Gasteiger partial charge < -0.3 is 14.6 Å². The molecule has 0 atom stereocenters. The van der Waals surface area contributed by atoms with Crippen LogP contribution in [0.5, 0.6) is 5.75 Å². The normalized spacial score (nSPS) is 10.6. The Labute approximate surface area is 189 Å². The first kappa shape index (κ1) is 20.9. The van der Waals surface area contributed by atoms with Crippen LogP contribution in [0.3, 0.4) is 0 Å². The van der Waals surface area contributed by atoms with Gasteiger partial charge in [-0.1, -0.05) is 76.6 Å². The number of hydrogen-bond donors (Lipinski definition) is 1. The van der Waals surface area contributed by atoms with Crippen molar-refractivity contribution in [3.8, 4) is 5.75 Å². The molecule has 3 aromatic carbocycles. The molecule has 0 saturated heterocycles. The number of hydrogen-bond acceptors (Lipinski definition) is 4. The van der Waals surface area contributed by atoms with E-state index in [0.717, 1.165) is 27.7 Å². The minimum atomic E-state index is -0.406. The van der Waals surface area contributed by atoms with Crippen molar-refractivity contribution in [2.24, 2.45) is 0 Å². The van der Waals surface area contributed by atoms with E-state index in [2.05, 4.69) is 44.4 Å². The van der Waals surface area contributed by atoms with E-state index < -0.39 is 5.56 Å². The Bertz CT molecular complexity index is 1220. The highest BCUT2D eigenvalue weighted by Crippen LogP contribution is 2.26. The molecule has 0 aliphatic rings. The van der Waals surface area contributed by atoms with Gasteiger partial charge in [-0.05, 0) is 41.3 Å². The predicted octanol–water partition coefficient (Wildman–Crippen LogP) is 5.40. The first-order valence-electron chi connectivity index (χ1n) is 9.91. The van der Waals surface area contributed by atoms with E-state index in [1.165, 1.54) is 12.7 Å². The van der Waals surface area contributed by atoms with E-state index in [9.17, 15) is 4.79 Å². The number of nitrogens with zero attached hydrogens (tertiary/aromatic N) is 2. The molecule has 0 radical (unpaired) electrons. The number of halogens is 1. The van der Waals surface area contributed by atoms with Crippen LogP contribution in [0.15, 0.2) is 94.3 Å². The Kier molecular flexibility index (Phi) is 6.48. The van der Waals surface area contributed by atoms with Crippen molar-refractivity contribution in [2.45, 2.75) is 13.0 Å². The largest absolute Gasteiger partial charge is 0.490 e. The molecule has 4 aromatic rings. The first-order chi connectivity index (χ1) is 15.1. The molecule has 0 aliphatic heterocycles. The molecule has 0 spiro atoms. The third kappa shape index (κ3) is 5.22. The Balaban J connectivity index is 1.72. The first-order valence-corrected chi connectivity index (χ1v) is 10.7. The lowest BCUT2D eigenvalue weighted by molar-refractivity contribution is 0.402. The van der Waals surface area contributed by atoms with E-state index in [1.807, 2.05) is 65.2 Å². The topological polar surface area (TPSA) is 56.1 Å². The Hall–Kier alpha value is -3.38. The highest BCUT2D eigenvalue weighted by Gasteiger charge is 2.12. The summed E-state index contributed by atoms with van der Waals surface area (Å²) in [5, 5.41) is 3.38. The molecule has 31 heavy (non-hydrogen) atoms. The van der Waals surface area contributed by atoms with Crippen LogP contribution in [0.2, 0.25) is 0 Å². The second-order valence-electron chi connectivity index (χ2n) is 7.14. The number of benzene rings is 3. The minimum absolute atomic E-state index is 0.210. The van der Waals surface area contributed by atoms with Crippen LogP contribution in [-0.4, -0.2) is 16.7 Å². The van der Waals surface area contributed by atoms with Gasteiger partial charge in [0.1, 0.15) is 0 Å². The summed E-state index contributed by atoms with van der Waals surface area (Å²) in [5.74, 6) is 0.674. The van der Waals surface area contributed by atoms with E-state index in [-0.39, 0.29) is 5.75 Å². The van der Waals surface area contributed by atoms with Crippen LogP contribution in [0, 0.1) is 0 Å². The molecule has 6 heteroatoms. The molecule has 0 unspecified atom stereocenters. The van der Waals surface area contributed by atoms with E-state index in [0.29, 0.717) is 12.5 Å². The third-order valence-electron chi connectivity index (χ3n) is 4.93. The van der Waals surface area contributed by atoms with Gasteiger partial charge in [-0.25, -0.2) is 0 Å². The summed E-state index contributed by atoms with van der Waals surface area (Å²) in [4.78, 5) is 16.7. The standard InChI is InChI=1S/C25H22BrN3O2/c1-31-23-17-29(16-19-10-6-3-7-11-19)25(28-24(23)30)27-22-13-12-21(26)15-20(22)14-18-8-4-2-5-9-18/h2-13,15,17H,14,16H2,1H3,(H,27,28,30). The minimum Gasteiger partial charge on any atom is -0.490 e. The van der Waals surface area contributed by atoms with Gasteiger partial charge in [0.05, 0.1) is 19.9 Å². The van der Waals surface area contributed by atoms with Gasteiger partial charge in [-0.3, -0.25) is 4.79 Å². The molecule has 0 bridgehead atoms. The van der Waals surface area contributed by atoms with Crippen molar-refractivity contribution in [3.63, 3.8) is 0 Å². The summed E-state index contributed by atoms with van der Waals surface area (Å²) >= 11 is 3.57. The summed E-state index contributed by atoms with van der Waals surface area (Å²) in [6, 6.07) is 26.3. The van der Waals surface area contributed by atoms with Crippen molar-refractivity contribution in [3.05, 3.63) is 117 Å². The maximum absolute atomic E-state index is 12.4. The average Bonchev–Trinajstić information content (AvgIpc) is 2.78. The van der Waals surface area contributed by atoms with Crippen molar-refractivity contribution >= 4 is 27.6 Å². The predicted molar refractivity (Wildman–Crippen MR) is 127 cm³/mol. The average molecular weight is 476 g/mol. The fraction of sp³-hybridized carbons (Fsp3) is 0.120. The molecule has 156 valence electrons. The zero-order valence-corrected chi connectivity index (χ0v) is 18.7. The van der Waals surface area contributed by atoms with E-state index >= 15 is 0 Å². The highest BCUT2D eigenvalue weighted by atomic mass is 79.9. The molecular weight excluding hydrogens is 454 g/mol.